The summed E-state index contributed by atoms with van der Waals surface area (Å²) in [5.41, 5.74) is 1.35. The number of methoxy groups -OCH3 is 2. The molecule has 25 heavy (non-hydrogen) atoms. The summed E-state index contributed by atoms with van der Waals surface area (Å²) in [4.78, 5) is 16.4. The summed E-state index contributed by atoms with van der Waals surface area (Å²) in [5, 5.41) is 4.76. The molecule has 0 aliphatic rings. The van der Waals surface area contributed by atoms with E-state index in [0.717, 1.165) is 5.69 Å². The number of amides is 1. The van der Waals surface area contributed by atoms with Gasteiger partial charge in [0, 0.05) is 11.8 Å². The van der Waals surface area contributed by atoms with Gasteiger partial charge in [0.1, 0.15) is 0 Å². The Hall–Kier alpha value is -3.41. The van der Waals surface area contributed by atoms with Crippen molar-refractivity contribution < 1.29 is 14.3 Å². The molecular weight excluding hydrogens is 318 g/mol. The zero-order valence-electron chi connectivity index (χ0n) is 13.9. The Labute approximate surface area is 145 Å². The number of benzene rings is 2. The predicted molar refractivity (Wildman–Crippen MR) is 93.0 cm³/mol. The topological polar surface area (TPSA) is 65.7 Å². The molecule has 6 heteroatoms. The van der Waals surface area contributed by atoms with Gasteiger partial charge in [-0.25, -0.2) is 9.67 Å². The van der Waals surface area contributed by atoms with Crippen LogP contribution < -0.4 is 14.8 Å². The minimum Gasteiger partial charge on any atom is -0.493 e. The maximum Gasteiger partial charge on any atom is 0.277 e. The van der Waals surface area contributed by atoms with Crippen molar-refractivity contribution in [3.05, 3.63) is 77.9 Å². The molecule has 0 saturated heterocycles. The Morgan fingerprint density at radius 3 is 2.40 bits per heavy atom. The highest BCUT2D eigenvalue weighted by molar-refractivity contribution is 5.95. The Kier molecular flexibility index (Phi) is 4.89. The van der Waals surface area contributed by atoms with Gasteiger partial charge in [0.2, 0.25) is 0 Å². The average molecular weight is 335 g/mol. The van der Waals surface area contributed by atoms with Crippen LogP contribution in [0.4, 0.5) is 0 Å². The van der Waals surface area contributed by atoms with Gasteiger partial charge in [0.15, 0.2) is 11.5 Å². The van der Waals surface area contributed by atoms with Gasteiger partial charge in [-0.2, -0.15) is 5.10 Å². The molecule has 0 aliphatic heterocycles. The first-order valence-electron chi connectivity index (χ1n) is 7.63. The van der Waals surface area contributed by atoms with Crippen LogP contribution in [0.5, 0.6) is 11.5 Å². The van der Waals surface area contributed by atoms with Crippen molar-refractivity contribution in [2.75, 3.05) is 14.2 Å². The van der Waals surface area contributed by atoms with E-state index in [9.17, 15) is 4.79 Å². The second-order valence-electron chi connectivity index (χ2n) is 5.15. The third-order valence-electron chi connectivity index (χ3n) is 3.58. The number of para-hydroxylation sites is 1. The van der Waals surface area contributed by atoms with Gasteiger partial charge in [0.25, 0.3) is 5.91 Å². The van der Waals surface area contributed by atoms with E-state index in [0.29, 0.717) is 22.4 Å². The van der Waals surface area contributed by atoms with E-state index < -0.39 is 0 Å². The highest BCUT2D eigenvalue weighted by Gasteiger charge is 2.09. The molecule has 0 N–H and O–H groups in total. The number of rotatable bonds is 4. The standard InChI is InChI=1S/C19H17N3O3/c1-24-17-9-8-14(12-18(17)25-2)19(23)21-15-10-11-22(20-13-15)16-6-4-3-5-7-16/h3-13H,1-2H3/b21-15+. The highest BCUT2D eigenvalue weighted by atomic mass is 16.5. The first kappa shape index (κ1) is 16.4. The molecule has 2 aromatic carbocycles. The van der Waals surface area contributed by atoms with E-state index in [4.69, 9.17) is 9.47 Å². The summed E-state index contributed by atoms with van der Waals surface area (Å²) in [5.74, 6) is 0.668. The highest BCUT2D eigenvalue weighted by Crippen LogP contribution is 2.27. The van der Waals surface area contributed by atoms with Crippen molar-refractivity contribution in [3.8, 4) is 17.2 Å². The summed E-state index contributed by atoms with van der Waals surface area (Å²) in [6.07, 6.45) is 3.31. The zero-order chi connectivity index (χ0) is 17.6. The fraction of sp³-hybridized carbons (Fsp3) is 0.105. The van der Waals surface area contributed by atoms with E-state index >= 15 is 0 Å². The van der Waals surface area contributed by atoms with E-state index in [-0.39, 0.29) is 5.91 Å². The van der Waals surface area contributed by atoms with Gasteiger partial charge < -0.3 is 9.47 Å². The molecule has 3 rings (SSSR count). The summed E-state index contributed by atoms with van der Waals surface area (Å²) >= 11 is 0. The quantitative estimate of drug-likeness (QED) is 0.735. The Bertz CT molecular complexity index is 929. The molecule has 0 fully saturated rings. The van der Waals surface area contributed by atoms with Gasteiger partial charge >= 0.3 is 0 Å². The molecule has 0 unspecified atom stereocenters. The lowest BCUT2D eigenvalue weighted by molar-refractivity contribution is 0.0998. The number of hydrogen-bond acceptors (Lipinski definition) is 4. The summed E-state index contributed by atoms with van der Waals surface area (Å²) < 4.78 is 12.1. The lowest BCUT2D eigenvalue weighted by atomic mass is 10.2. The largest absolute Gasteiger partial charge is 0.493 e. The summed E-state index contributed by atoms with van der Waals surface area (Å²) in [7, 11) is 3.06. The van der Waals surface area contributed by atoms with Crippen LogP contribution in [0.1, 0.15) is 10.4 Å². The molecule has 6 nitrogen and oxygen atoms in total. The fourth-order valence-electron chi connectivity index (χ4n) is 2.30. The number of carbonyl (C=O) groups excluding carboxylic acids is 1. The molecule has 1 amide bonds. The second kappa shape index (κ2) is 7.44. The van der Waals surface area contributed by atoms with Crippen LogP contribution in [-0.2, 0) is 0 Å². The number of nitrogens with zero attached hydrogens (tertiary/aromatic N) is 3. The average Bonchev–Trinajstić information content (AvgIpc) is 2.68. The first-order chi connectivity index (χ1) is 12.2. The monoisotopic (exact) mass is 335 g/mol. The second-order valence-corrected chi connectivity index (χ2v) is 5.15. The molecule has 0 aliphatic carbocycles. The lowest BCUT2D eigenvalue weighted by Crippen LogP contribution is -2.11. The van der Waals surface area contributed by atoms with Crippen LogP contribution >= 0.6 is 0 Å². The smallest absolute Gasteiger partial charge is 0.277 e. The van der Waals surface area contributed by atoms with Crippen molar-refractivity contribution in [1.29, 1.82) is 0 Å². The maximum atomic E-state index is 12.3. The summed E-state index contributed by atoms with van der Waals surface area (Å²) in [6.45, 7) is 0. The zero-order valence-corrected chi connectivity index (χ0v) is 13.9. The van der Waals surface area contributed by atoms with Crippen molar-refractivity contribution >= 4 is 5.91 Å². The third-order valence-corrected chi connectivity index (χ3v) is 3.58. The summed E-state index contributed by atoms with van der Waals surface area (Å²) in [6, 6.07) is 16.4. The number of aromatic nitrogens is 2. The molecule has 0 bridgehead atoms. The first-order valence-corrected chi connectivity index (χ1v) is 7.63. The maximum absolute atomic E-state index is 12.3. The van der Waals surface area contributed by atoms with Crippen LogP contribution in [0.15, 0.2) is 72.0 Å². The SMILES string of the molecule is COc1ccc(C(=O)/N=c2\ccn(-c3ccccc3)nc2)cc1OC. The van der Waals surface area contributed by atoms with Crippen LogP contribution in [-0.4, -0.2) is 29.9 Å². The van der Waals surface area contributed by atoms with Crippen LogP contribution in [0.2, 0.25) is 0 Å². The van der Waals surface area contributed by atoms with Crippen LogP contribution in [0, 0.1) is 0 Å². The van der Waals surface area contributed by atoms with E-state index in [1.807, 2.05) is 30.3 Å². The molecule has 0 spiro atoms. The van der Waals surface area contributed by atoms with E-state index in [1.54, 1.807) is 48.5 Å². The number of ether oxygens (including phenoxy) is 2. The molecule has 0 atom stereocenters. The van der Waals surface area contributed by atoms with Gasteiger partial charge in [0.05, 0.1) is 31.5 Å². The lowest BCUT2D eigenvalue weighted by Gasteiger charge is -2.07. The Morgan fingerprint density at radius 2 is 1.76 bits per heavy atom. The van der Waals surface area contributed by atoms with Crippen molar-refractivity contribution in [3.63, 3.8) is 0 Å². The third kappa shape index (κ3) is 3.74. The van der Waals surface area contributed by atoms with Gasteiger partial charge in [-0.15, -0.1) is 0 Å². The number of carbonyl (C=O) groups is 1. The van der Waals surface area contributed by atoms with Gasteiger partial charge in [-0.3, -0.25) is 4.79 Å². The minimum atomic E-state index is -0.375. The molecule has 126 valence electrons. The normalized spacial score (nSPS) is 11.2. The molecular formula is C19H17N3O3. The number of hydrogen-bond donors (Lipinski definition) is 0. The molecule has 0 saturated carbocycles. The fourth-order valence-corrected chi connectivity index (χ4v) is 2.30. The van der Waals surface area contributed by atoms with Gasteiger partial charge in [-0.05, 0) is 36.4 Å². The van der Waals surface area contributed by atoms with E-state index in [2.05, 4.69) is 10.1 Å². The van der Waals surface area contributed by atoms with Crippen molar-refractivity contribution in [2.45, 2.75) is 0 Å². The van der Waals surface area contributed by atoms with Gasteiger partial charge in [-0.1, -0.05) is 18.2 Å². The Morgan fingerprint density at radius 1 is 1.00 bits per heavy atom. The Balaban J connectivity index is 1.86. The molecule has 1 aromatic heterocycles. The predicted octanol–water partition coefficient (Wildman–Crippen LogP) is 2.63. The van der Waals surface area contributed by atoms with E-state index in [1.165, 1.54) is 7.11 Å². The van der Waals surface area contributed by atoms with Crippen LogP contribution in [0.3, 0.4) is 0 Å². The van der Waals surface area contributed by atoms with Crippen molar-refractivity contribution in [1.82, 2.24) is 9.78 Å². The minimum absolute atomic E-state index is 0.375. The molecule has 1 heterocycles. The van der Waals surface area contributed by atoms with Crippen LogP contribution in [0.25, 0.3) is 5.69 Å². The molecule has 0 radical (unpaired) electrons. The van der Waals surface area contributed by atoms with Crippen molar-refractivity contribution in [2.24, 2.45) is 4.99 Å². The molecule has 3 aromatic rings.